The van der Waals surface area contributed by atoms with E-state index in [0.717, 1.165) is 38.5 Å². The fourth-order valence-electron chi connectivity index (χ4n) is 3.99. The Hall–Kier alpha value is -2.37. The zero-order chi connectivity index (χ0) is 21.2. The maximum Gasteiger partial charge on any atom is 0.309 e. The molecule has 0 aromatic rings. The standard InChI is InChI=1S/C24H32O6/c25-22(18-10-4-1-5-11-18)28-16-21(30-24(27)20-14-8-3-9-15-20)17-29-23(26)19-12-6-2-7-13-19/h1-4,6,8,18-21H,5,7,9-17H2. The Morgan fingerprint density at radius 1 is 0.633 bits per heavy atom. The molecule has 0 N–H and O–H groups in total. The lowest BCUT2D eigenvalue weighted by Crippen LogP contribution is -2.35. The fourth-order valence-corrected chi connectivity index (χ4v) is 3.99. The molecular formula is C24H32O6. The Bertz CT molecular complexity index is 652. The van der Waals surface area contributed by atoms with Crippen molar-refractivity contribution < 1.29 is 28.6 Å². The second kappa shape index (κ2) is 11.7. The molecule has 3 unspecified atom stereocenters. The largest absolute Gasteiger partial charge is 0.461 e. The SMILES string of the molecule is O=C(OCC(COC(=O)C1CC=CCC1)OC(=O)C1CC=CCC1)C1CC=CCC1. The molecule has 164 valence electrons. The first-order valence-corrected chi connectivity index (χ1v) is 11.1. The van der Waals surface area contributed by atoms with Crippen molar-refractivity contribution in [3.8, 4) is 0 Å². The van der Waals surface area contributed by atoms with E-state index in [2.05, 4.69) is 18.2 Å². The van der Waals surface area contributed by atoms with Crippen LogP contribution >= 0.6 is 0 Å². The first kappa shape index (κ1) is 22.3. The van der Waals surface area contributed by atoms with Crippen LogP contribution in [0.3, 0.4) is 0 Å². The van der Waals surface area contributed by atoms with Gasteiger partial charge in [0, 0.05) is 0 Å². The molecule has 0 aliphatic heterocycles. The van der Waals surface area contributed by atoms with Crippen molar-refractivity contribution in [2.45, 2.75) is 63.9 Å². The van der Waals surface area contributed by atoms with E-state index < -0.39 is 6.10 Å². The minimum Gasteiger partial charge on any atom is -0.461 e. The molecule has 0 amide bonds. The molecule has 0 aromatic carbocycles. The topological polar surface area (TPSA) is 78.9 Å². The van der Waals surface area contributed by atoms with Crippen LogP contribution in [0.25, 0.3) is 0 Å². The van der Waals surface area contributed by atoms with E-state index in [9.17, 15) is 14.4 Å². The third kappa shape index (κ3) is 6.85. The zero-order valence-electron chi connectivity index (χ0n) is 17.5. The van der Waals surface area contributed by atoms with E-state index in [4.69, 9.17) is 14.2 Å². The number of hydrogen-bond donors (Lipinski definition) is 0. The highest BCUT2D eigenvalue weighted by Gasteiger charge is 2.28. The van der Waals surface area contributed by atoms with Crippen LogP contribution in [0.2, 0.25) is 0 Å². The molecule has 0 bridgehead atoms. The number of rotatable bonds is 8. The number of hydrogen-bond acceptors (Lipinski definition) is 6. The number of esters is 3. The van der Waals surface area contributed by atoms with Gasteiger partial charge >= 0.3 is 17.9 Å². The average molecular weight is 417 g/mol. The van der Waals surface area contributed by atoms with Gasteiger partial charge < -0.3 is 14.2 Å². The number of ether oxygens (including phenoxy) is 3. The fraction of sp³-hybridized carbons (Fsp3) is 0.625. The zero-order valence-corrected chi connectivity index (χ0v) is 17.5. The van der Waals surface area contributed by atoms with E-state index in [1.165, 1.54) is 0 Å². The van der Waals surface area contributed by atoms with E-state index in [0.29, 0.717) is 19.3 Å². The van der Waals surface area contributed by atoms with Gasteiger partial charge in [-0.3, -0.25) is 14.4 Å². The molecule has 3 rings (SSSR count). The van der Waals surface area contributed by atoms with Crippen molar-refractivity contribution in [1.29, 1.82) is 0 Å². The Morgan fingerprint density at radius 3 is 1.40 bits per heavy atom. The highest BCUT2D eigenvalue weighted by molar-refractivity contribution is 5.74. The van der Waals surface area contributed by atoms with E-state index in [-0.39, 0.29) is 48.9 Å². The lowest BCUT2D eigenvalue weighted by Gasteiger charge is -2.24. The van der Waals surface area contributed by atoms with Crippen LogP contribution in [0, 0.1) is 17.8 Å². The first-order valence-electron chi connectivity index (χ1n) is 11.1. The maximum absolute atomic E-state index is 12.5. The minimum absolute atomic E-state index is 0.0921. The lowest BCUT2D eigenvalue weighted by molar-refractivity contribution is -0.172. The molecule has 3 atom stereocenters. The summed E-state index contributed by atoms with van der Waals surface area (Å²) in [5.41, 5.74) is 0. The summed E-state index contributed by atoms with van der Waals surface area (Å²) in [5.74, 6) is -1.42. The van der Waals surface area contributed by atoms with E-state index in [1.807, 2.05) is 18.2 Å². The van der Waals surface area contributed by atoms with Gasteiger partial charge in [0.25, 0.3) is 0 Å². The number of carbonyl (C=O) groups is 3. The molecule has 3 aliphatic rings. The molecule has 0 aromatic heterocycles. The predicted molar refractivity (Wildman–Crippen MR) is 111 cm³/mol. The molecular weight excluding hydrogens is 384 g/mol. The predicted octanol–water partition coefficient (Wildman–Crippen LogP) is 4.05. The maximum atomic E-state index is 12.5. The van der Waals surface area contributed by atoms with Gasteiger partial charge in [0.2, 0.25) is 0 Å². The van der Waals surface area contributed by atoms with Gasteiger partial charge in [0.1, 0.15) is 13.2 Å². The van der Waals surface area contributed by atoms with Gasteiger partial charge in [0.05, 0.1) is 17.8 Å². The van der Waals surface area contributed by atoms with Gasteiger partial charge in [0.15, 0.2) is 6.10 Å². The highest BCUT2D eigenvalue weighted by atomic mass is 16.6. The van der Waals surface area contributed by atoms with Crippen molar-refractivity contribution >= 4 is 17.9 Å². The van der Waals surface area contributed by atoms with Crippen LogP contribution < -0.4 is 0 Å². The summed E-state index contributed by atoms with van der Waals surface area (Å²) in [7, 11) is 0. The van der Waals surface area contributed by atoms with Crippen LogP contribution in [0.5, 0.6) is 0 Å². The monoisotopic (exact) mass is 416 g/mol. The van der Waals surface area contributed by atoms with Crippen molar-refractivity contribution in [1.82, 2.24) is 0 Å². The van der Waals surface area contributed by atoms with Crippen LogP contribution in [0.1, 0.15) is 57.8 Å². The molecule has 0 heterocycles. The summed E-state index contributed by atoms with van der Waals surface area (Å²) in [6.45, 7) is -0.184. The normalized spacial score (nSPS) is 26.6. The smallest absolute Gasteiger partial charge is 0.309 e. The molecule has 3 aliphatic carbocycles. The summed E-state index contributed by atoms with van der Waals surface area (Å²) in [6, 6.07) is 0. The Morgan fingerprint density at radius 2 is 1.03 bits per heavy atom. The molecule has 0 saturated carbocycles. The summed E-state index contributed by atoms with van der Waals surface area (Å²) in [4.78, 5) is 37.3. The summed E-state index contributed by atoms with van der Waals surface area (Å²) in [6.07, 6.45) is 18.2. The molecule has 0 saturated heterocycles. The quantitative estimate of drug-likeness (QED) is 0.337. The molecule has 6 nitrogen and oxygen atoms in total. The molecule has 30 heavy (non-hydrogen) atoms. The van der Waals surface area contributed by atoms with Crippen molar-refractivity contribution in [3.05, 3.63) is 36.5 Å². The van der Waals surface area contributed by atoms with E-state index in [1.54, 1.807) is 0 Å². The average Bonchev–Trinajstić information content (AvgIpc) is 2.82. The van der Waals surface area contributed by atoms with Crippen molar-refractivity contribution in [2.24, 2.45) is 17.8 Å². The Kier molecular flexibility index (Phi) is 8.72. The molecule has 0 spiro atoms. The van der Waals surface area contributed by atoms with Gasteiger partial charge in [-0.2, -0.15) is 0 Å². The minimum atomic E-state index is -0.783. The number of carbonyl (C=O) groups excluding carboxylic acids is 3. The second-order valence-electron chi connectivity index (χ2n) is 8.26. The lowest BCUT2D eigenvalue weighted by atomic mass is 9.94. The highest BCUT2D eigenvalue weighted by Crippen LogP contribution is 2.23. The molecule has 0 fully saturated rings. The molecule has 6 heteroatoms. The van der Waals surface area contributed by atoms with Gasteiger partial charge in [-0.15, -0.1) is 0 Å². The first-order chi connectivity index (χ1) is 14.6. The Balaban J connectivity index is 1.52. The third-order valence-electron chi connectivity index (χ3n) is 5.91. The van der Waals surface area contributed by atoms with Crippen LogP contribution in [-0.2, 0) is 28.6 Å². The summed E-state index contributed by atoms with van der Waals surface area (Å²) < 4.78 is 16.5. The van der Waals surface area contributed by atoms with Crippen LogP contribution in [0.4, 0.5) is 0 Å². The van der Waals surface area contributed by atoms with Crippen molar-refractivity contribution in [2.75, 3.05) is 13.2 Å². The van der Waals surface area contributed by atoms with Gasteiger partial charge in [-0.1, -0.05) is 36.5 Å². The van der Waals surface area contributed by atoms with Gasteiger partial charge in [-0.05, 0) is 57.8 Å². The van der Waals surface area contributed by atoms with Crippen LogP contribution in [0.15, 0.2) is 36.5 Å². The summed E-state index contributed by atoms with van der Waals surface area (Å²) in [5, 5.41) is 0. The number of allylic oxidation sites excluding steroid dienone is 6. The summed E-state index contributed by atoms with van der Waals surface area (Å²) >= 11 is 0. The van der Waals surface area contributed by atoms with Crippen molar-refractivity contribution in [3.63, 3.8) is 0 Å². The molecule has 0 radical (unpaired) electrons. The third-order valence-corrected chi connectivity index (χ3v) is 5.91. The Labute approximate surface area is 178 Å². The second-order valence-corrected chi connectivity index (χ2v) is 8.26. The van der Waals surface area contributed by atoms with Crippen LogP contribution in [-0.4, -0.2) is 37.2 Å². The van der Waals surface area contributed by atoms with Gasteiger partial charge in [-0.25, -0.2) is 0 Å². The van der Waals surface area contributed by atoms with E-state index >= 15 is 0 Å².